The molecule has 1 nitrogen and oxygen atoms in total. The Kier molecular flexibility index (Phi) is 4.82. The molecule has 74 valence electrons. The lowest BCUT2D eigenvalue weighted by molar-refractivity contribution is 0.0486. The molecule has 14 heavy (non-hydrogen) atoms. The van der Waals surface area contributed by atoms with Crippen molar-refractivity contribution >= 4 is 0 Å². The van der Waals surface area contributed by atoms with Gasteiger partial charge in [-0.3, -0.25) is 0 Å². The van der Waals surface area contributed by atoms with E-state index in [1.807, 2.05) is 18.2 Å². The SMILES string of the molecule is C#CCCC(C)OCc1ccccc1. The van der Waals surface area contributed by atoms with Crippen LogP contribution in [0, 0.1) is 12.3 Å². The molecule has 0 aromatic heterocycles. The van der Waals surface area contributed by atoms with Gasteiger partial charge in [-0.15, -0.1) is 12.3 Å². The third-order valence-electron chi connectivity index (χ3n) is 2.07. The highest BCUT2D eigenvalue weighted by atomic mass is 16.5. The molecule has 0 spiro atoms. The van der Waals surface area contributed by atoms with Gasteiger partial charge in [-0.1, -0.05) is 30.3 Å². The Labute approximate surface area is 86.1 Å². The highest BCUT2D eigenvalue weighted by Crippen LogP contribution is 2.06. The predicted molar refractivity (Wildman–Crippen MR) is 58.8 cm³/mol. The van der Waals surface area contributed by atoms with Crippen LogP contribution >= 0.6 is 0 Å². The smallest absolute Gasteiger partial charge is 0.0720 e. The van der Waals surface area contributed by atoms with E-state index in [9.17, 15) is 0 Å². The van der Waals surface area contributed by atoms with Crippen molar-refractivity contribution in [3.05, 3.63) is 35.9 Å². The van der Waals surface area contributed by atoms with E-state index < -0.39 is 0 Å². The zero-order valence-corrected chi connectivity index (χ0v) is 8.57. The predicted octanol–water partition coefficient (Wildman–Crippen LogP) is 3.01. The van der Waals surface area contributed by atoms with Gasteiger partial charge in [0.2, 0.25) is 0 Å². The molecule has 1 atom stereocenters. The minimum atomic E-state index is 0.242. The highest BCUT2D eigenvalue weighted by molar-refractivity contribution is 5.13. The van der Waals surface area contributed by atoms with Gasteiger partial charge in [0.1, 0.15) is 0 Å². The topological polar surface area (TPSA) is 9.23 Å². The Morgan fingerprint density at radius 2 is 2.07 bits per heavy atom. The lowest BCUT2D eigenvalue weighted by Gasteiger charge is -2.11. The van der Waals surface area contributed by atoms with Crippen LogP contribution in [0.4, 0.5) is 0 Å². The third kappa shape index (κ3) is 4.11. The Bertz CT molecular complexity index is 284. The zero-order chi connectivity index (χ0) is 10.2. The van der Waals surface area contributed by atoms with Gasteiger partial charge < -0.3 is 4.74 Å². The van der Waals surface area contributed by atoms with Gasteiger partial charge in [0.15, 0.2) is 0 Å². The van der Waals surface area contributed by atoms with Gasteiger partial charge in [-0.05, 0) is 18.9 Å². The van der Waals surface area contributed by atoms with Crippen molar-refractivity contribution in [2.75, 3.05) is 0 Å². The number of ether oxygens (including phenoxy) is 1. The van der Waals surface area contributed by atoms with E-state index in [0.717, 1.165) is 12.8 Å². The molecule has 0 aliphatic carbocycles. The summed E-state index contributed by atoms with van der Waals surface area (Å²) in [7, 11) is 0. The summed E-state index contributed by atoms with van der Waals surface area (Å²) >= 11 is 0. The second kappa shape index (κ2) is 6.23. The molecule has 0 radical (unpaired) electrons. The van der Waals surface area contributed by atoms with Crippen LogP contribution in [-0.4, -0.2) is 6.10 Å². The van der Waals surface area contributed by atoms with E-state index in [2.05, 4.69) is 25.0 Å². The van der Waals surface area contributed by atoms with Gasteiger partial charge in [-0.2, -0.15) is 0 Å². The van der Waals surface area contributed by atoms with Crippen LogP contribution in [0.3, 0.4) is 0 Å². The van der Waals surface area contributed by atoms with E-state index >= 15 is 0 Å². The van der Waals surface area contributed by atoms with Crippen LogP contribution in [0.2, 0.25) is 0 Å². The Morgan fingerprint density at radius 3 is 2.71 bits per heavy atom. The molecule has 0 N–H and O–H groups in total. The van der Waals surface area contributed by atoms with E-state index in [1.165, 1.54) is 5.56 Å². The van der Waals surface area contributed by atoms with Gasteiger partial charge in [0.25, 0.3) is 0 Å². The fourth-order valence-corrected chi connectivity index (χ4v) is 1.18. The van der Waals surface area contributed by atoms with E-state index in [0.29, 0.717) is 6.61 Å². The minimum absolute atomic E-state index is 0.242. The molecule has 1 aromatic rings. The first kappa shape index (κ1) is 10.8. The molecule has 0 amide bonds. The number of hydrogen-bond acceptors (Lipinski definition) is 1. The fraction of sp³-hybridized carbons (Fsp3) is 0.385. The number of terminal acetylenes is 1. The van der Waals surface area contributed by atoms with E-state index in [-0.39, 0.29) is 6.10 Å². The van der Waals surface area contributed by atoms with Gasteiger partial charge in [0, 0.05) is 6.42 Å². The van der Waals surface area contributed by atoms with Crippen LogP contribution in [0.1, 0.15) is 25.3 Å². The maximum Gasteiger partial charge on any atom is 0.0720 e. The summed E-state index contributed by atoms with van der Waals surface area (Å²) in [5, 5.41) is 0. The summed E-state index contributed by atoms with van der Waals surface area (Å²) < 4.78 is 5.63. The molecule has 0 fully saturated rings. The van der Waals surface area contributed by atoms with Crippen molar-refractivity contribution in [1.82, 2.24) is 0 Å². The normalized spacial score (nSPS) is 12.0. The van der Waals surface area contributed by atoms with Crippen molar-refractivity contribution in [1.29, 1.82) is 0 Å². The molecule has 1 unspecified atom stereocenters. The van der Waals surface area contributed by atoms with Gasteiger partial charge in [-0.25, -0.2) is 0 Å². The van der Waals surface area contributed by atoms with Crippen molar-refractivity contribution in [3.63, 3.8) is 0 Å². The van der Waals surface area contributed by atoms with Crippen LogP contribution in [0.15, 0.2) is 30.3 Å². The summed E-state index contributed by atoms with van der Waals surface area (Å²) in [5.74, 6) is 2.62. The standard InChI is InChI=1S/C13H16O/c1-3-4-8-12(2)14-11-13-9-6-5-7-10-13/h1,5-7,9-10,12H,4,8,11H2,2H3. The van der Waals surface area contributed by atoms with Crippen LogP contribution in [0.5, 0.6) is 0 Å². The quantitative estimate of drug-likeness (QED) is 0.645. The average molecular weight is 188 g/mol. The Hall–Kier alpha value is -1.26. The van der Waals surface area contributed by atoms with Gasteiger partial charge >= 0.3 is 0 Å². The van der Waals surface area contributed by atoms with Crippen molar-refractivity contribution in [3.8, 4) is 12.3 Å². The zero-order valence-electron chi connectivity index (χ0n) is 8.57. The number of benzene rings is 1. The van der Waals surface area contributed by atoms with Crippen molar-refractivity contribution < 1.29 is 4.74 Å². The number of hydrogen-bond donors (Lipinski definition) is 0. The summed E-state index contributed by atoms with van der Waals surface area (Å²) in [5.41, 5.74) is 1.21. The first-order valence-electron chi connectivity index (χ1n) is 4.92. The van der Waals surface area contributed by atoms with E-state index in [1.54, 1.807) is 0 Å². The summed E-state index contributed by atoms with van der Waals surface area (Å²) in [6.07, 6.45) is 7.14. The molecule has 1 rings (SSSR count). The number of rotatable bonds is 5. The van der Waals surface area contributed by atoms with Crippen LogP contribution in [0.25, 0.3) is 0 Å². The lowest BCUT2D eigenvalue weighted by atomic mass is 10.2. The van der Waals surface area contributed by atoms with Gasteiger partial charge in [0.05, 0.1) is 12.7 Å². The molecule has 0 heterocycles. The molecular formula is C13H16O. The highest BCUT2D eigenvalue weighted by Gasteiger charge is 2.00. The summed E-state index contributed by atoms with van der Waals surface area (Å²) in [6, 6.07) is 10.2. The maximum absolute atomic E-state index is 5.63. The summed E-state index contributed by atoms with van der Waals surface area (Å²) in [6.45, 7) is 2.73. The molecule has 1 aromatic carbocycles. The molecule has 0 bridgehead atoms. The molecule has 0 saturated heterocycles. The largest absolute Gasteiger partial charge is 0.374 e. The first-order valence-corrected chi connectivity index (χ1v) is 4.92. The molecule has 0 aliphatic rings. The van der Waals surface area contributed by atoms with Crippen molar-refractivity contribution in [2.45, 2.75) is 32.5 Å². The Morgan fingerprint density at radius 1 is 1.36 bits per heavy atom. The Balaban J connectivity index is 2.24. The second-order valence-corrected chi connectivity index (χ2v) is 3.35. The fourth-order valence-electron chi connectivity index (χ4n) is 1.18. The molecule has 0 saturated carbocycles. The van der Waals surface area contributed by atoms with Crippen molar-refractivity contribution in [2.24, 2.45) is 0 Å². The monoisotopic (exact) mass is 188 g/mol. The molecule has 0 aliphatic heterocycles. The minimum Gasteiger partial charge on any atom is -0.374 e. The van der Waals surface area contributed by atoms with Crippen LogP contribution < -0.4 is 0 Å². The second-order valence-electron chi connectivity index (χ2n) is 3.35. The molecular weight excluding hydrogens is 172 g/mol. The third-order valence-corrected chi connectivity index (χ3v) is 2.07. The summed E-state index contributed by atoms with van der Waals surface area (Å²) in [4.78, 5) is 0. The lowest BCUT2D eigenvalue weighted by Crippen LogP contribution is -2.07. The first-order chi connectivity index (χ1) is 6.83. The molecule has 1 heteroatoms. The average Bonchev–Trinajstić information content (AvgIpc) is 2.25. The van der Waals surface area contributed by atoms with Crippen LogP contribution in [-0.2, 0) is 11.3 Å². The van der Waals surface area contributed by atoms with E-state index in [4.69, 9.17) is 11.2 Å². The maximum atomic E-state index is 5.63.